The summed E-state index contributed by atoms with van der Waals surface area (Å²) in [6.07, 6.45) is 0.204. The molecule has 0 radical (unpaired) electrons. The van der Waals surface area contributed by atoms with Gasteiger partial charge in [-0.1, -0.05) is 0 Å². The van der Waals surface area contributed by atoms with Gasteiger partial charge >= 0.3 is 5.97 Å². The molecule has 0 fully saturated rings. The highest BCUT2D eigenvalue weighted by Crippen LogP contribution is 2.16. The van der Waals surface area contributed by atoms with E-state index < -0.39 is 5.97 Å². The molecule has 1 rings (SSSR count). The Morgan fingerprint density at radius 1 is 1.44 bits per heavy atom. The van der Waals surface area contributed by atoms with Crippen molar-refractivity contribution in [2.24, 2.45) is 0 Å². The number of hydrogen-bond donors (Lipinski definition) is 1. The van der Waals surface area contributed by atoms with Crippen LogP contribution < -0.4 is 0 Å². The van der Waals surface area contributed by atoms with Crippen molar-refractivity contribution < 1.29 is 14.3 Å². The van der Waals surface area contributed by atoms with E-state index in [2.05, 4.69) is 0 Å². The summed E-state index contributed by atoms with van der Waals surface area (Å²) in [6.45, 7) is 0.791. The van der Waals surface area contributed by atoms with Crippen LogP contribution in [0.1, 0.15) is 17.9 Å². The van der Waals surface area contributed by atoms with Gasteiger partial charge in [0.05, 0.1) is 18.7 Å². The molecule has 90 valence electrons. The fraction of sp³-hybridized carbons (Fsp3) is 0.545. The van der Waals surface area contributed by atoms with Crippen LogP contribution in [0, 0.1) is 0 Å². The molecule has 0 aliphatic heterocycles. The quantitative estimate of drug-likeness (QED) is 0.743. The number of rotatable bonds is 7. The number of thioether (sulfide) groups is 1. The molecule has 0 aromatic carbocycles. The van der Waals surface area contributed by atoms with Crippen LogP contribution in [0.2, 0.25) is 0 Å². The summed E-state index contributed by atoms with van der Waals surface area (Å²) in [7, 11) is 3.98. The zero-order valence-electron chi connectivity index (χ0n) is 9.60. The second-order valence-corrected chi connectivity index (χ2v) is 4.91. The molecule has 1 heterocycles. The second-order valence-electron chi connectivity index (χ2n) is 3.80. The first-order valence-corrected chi connectivity index (χ1v) is 6.25. The zero-order valence-corrected chi connectivity index (χ0v) is 10.4. The Hall–Kier alpha value is -0.940. The largest absolute Gasteiger partial charge is 0.481 e. The Balaban J connectivity index is 2.26. The number of carbonyl (C=O) groups is 1. The van der Waals surface area contributed by atoms with Crippen LogP contribution in [0.25, 0.3) is 0 Å². The Morgan fingerprint density at radius 2 is 2.12 bits per heavy atom. The van der Waals surface area contributed by atoms with Crippen LogP contribution in [-0.2, 0) is 17.1 Å². The van der Waals surface area contributed by atoms with Crippen molar-refractivity contribution in [3.63, 3.8) is 0 Å². The average Bonchev–Trinajstić information content (AvgIpc) is 2.59. The molecule has 1 N–H and O–H groups in total. The van der Waals surface area contributed by atoms with Crippen molar-refractivity contribution >= 4 is 17.7 Å². The maximum Gasteiger partial charge on any atom is 0.304 e. The van der Waals surface area contributed by atoms with Gasteiger partial charge in [-0.15, -0.1) is 0 Å². The summed E-state index contributed by atoms with van der Waals surface area (Å²) in [5.41, 5.74) is 0. The number of aliphatic carboxylic acids is 1. The van der Waals surface area contributed by atoms with E-state index in [-0.39, 0.29) is 6.42 Å². The summed E-state index contributed by atoms with van der Waals surface area (Å²) in [5.74, 6) is 2.46. The number of furan rings is 1. The summed E-state index contributed by atoms with van der Waals surface area (Å²) < 4.78 is 5.59. The van der Waals surface area contributed by atoms with E-state index >= 15 is 0 Å². The molecule has 5 heteroatoms. The van der Waals surface area contributed by atoms with Gasteiger partial charge in [-0.2, -0.15) is 11.8 Å². The van der Waals surface area contributed by atoms with Crippen LogP contribution in [0.5, 0.6) is 0 Å². The van der Waals surface area contributed by atoms with Crippen molar-refractivity contribution in [1.82, 2.24) is 4.90 Å². The van der Waals surface area contributed by atoms with E-state index in [0.717, 1.165) is 23.8 Å². The Kier molecular flexibility index (Phi) is 5.42. The van der Waals surface area contributed by atoms with Gasteiger partial charge in [0.15, 0.2) is 0 Å². The number of nitrogens with zero attached hydrogens (tertiary/aromatic N) is 1. The van der Waals surface area contributed by atoms with Crippen molar-refractivity contribution in [3.8, 4) is 0 Å². The minimum Gasteiger partial charge on any atom is -0.481 e. The van der Waals surface area contributed by atoms with Crippen LogP contribution in [0.15, 0.2) is 16.5 Å². The lowest BCUT2D eigenvalue weighted by molar-refractivity contribution is -0.136. The third kappa shape index (κ3) is 5.23. The van der Waals surface area contributed by atoms with Crippen LogP contribution in [0.3, 0.4) is 0 Å². The molecule has 0 spiro atoms. The fourth-order valence-electron chi connectivity index (χ4n) is 1.23. The predicted molar refractivity (Wildman–Crippen MR) is 64.5 cm³/mol. The highest BCUT2D eigenvalue weighted by molar-refractivity contribution is 7.98. The number of carboxylic acid groups (broad SMARTS) is 1. The molecule has 0 aliphatic carbocycles. The molecule has 0 saturated heterocycles. The van der Waals surface area contributed by atoms with Crippen LogP contribution >= 0.6 is 11.8 Å². The maximum atomic E-state index is 10.3. The first-order chi connectivity index (χ1) is 7.58. The highest BCUT2D eigenvalue weighted by Gasteiger charge is 2.04. The van der Waals surface area contributed by atoms with Gasteiger partial charge < -0.3 is 14.4 Å². The highest BCUT2D eigenvalue weighted by atomic mass is 32.2. The molecule has 1 aromatic heterocycles. The van der Waals surface area contributed by atoms with Crippen LogP contribution in [-0.4, -0.2) is 35.8 Å². The smallest absolute Gasteiger partial charge is 0.304 e. The van der Waals surface area contributed by atoms with Gasteiger partial charge in [-0.05, 0) is 26.2 Å². The zero-order chi connectivity index (χ0) is 12.0. The Bertz CT molecular complexity index is 336. The third-order valence-electron chi connectivity index (χ3n) is 1.89. The molecule has 0 saturated carbocycles. The monoisotopic (exact) mass is 243 g/mol. The lowest BCUT2D eigenvalue weighted by Gasteiger charge is -2.05. The predicted octanol–water partition coefficient (Wildman–Crippen LogP) is 2.05. The third-order valence-corrected chi connectivity index (χ3v) is 2.88. The number of hydrogen-bond acceptors (Lipinski definition) is 4. The van der Waals surface area contributed by atoms with E-state index in [9.17, 15) is 4.79 Å². The van der Waals surface area contributed by atoms with Gasteiger partial charge in [-0.3, -0.25) is 4.79 Å². The molecular weight excluding hydrogens is 226 g/mol. The molecule has 0 bridgehead atoms. The van der Waals surface area contributed by atoms with Crippen molar-refractivity contribution in [2.45, 2.75) is 18.7 Å². The average molecular weight is 243 g/mol. The summed E-state index contributed by atoms with van der Waals surface area (Å²) >= 11 is 1.58. The summed E-state index contributed by atoms with van der Waals surface area (Å²) in [4.78, 5) is 12.3. The van der Waals surface area contributed by atoms with Crippen molar-refractivity contribution in [1.29, 1.82) is 0 Å². The summed E-state index contributed by atoms with van der Waals surface area (Å²) in [6, 6.07) is 3.92. The lowest BCUT2D eigenvalue weighted by Crippen LogP contribution is -2.09. The van der Waals surface area contributed by atoms with Gasteiger partial charge in [-0.25, -0.2) is 0 Å². The van der Waals surface area contributed by atoms with E-state index in [1.54, 1.807) is 11.8 Å². The van der Waals surface area contributed by atoms with Gasteiger partial charge in [0.2, 0.25) is 0 Å². The number of carboxylic acids is 1. The van der Waals surface area contributed by atoms with Crippen molar-refractivity contribution in [2.75, 3.05) is 19.8 Å². The normalized spacial score (nSPS) is 10.9. The molecule has 4 nitrogen and oxygen atoms in total. The lowest BCUT2D eigenvalue weighted by atomic mass is 10.4. The maximum absolute atomic E-state index is 10.3. The van der Waals surface area contributed by atoms with Gasteiger partial charge in [0, 0.05) is 5.75 Å². The van der Waals surface area contributed by atoms with E-state index in [0.29, 0.717) is 5.75 Å². The van der Waals surface area contributed by atoms with Crippen molar-refractivity contribution in [3.05, 3.63) is 23.7 Å². The first kappa shape index (κ1) is 13.1. The Labute approximate surface area is 99.6 Å². The molecule has 0 unspecified atom stereocenters. The minimum absolute atomic E-state index is 0.204. The molecule has 0 aliphatic rings. The second kappa shape index (κ2) is 6.60. The molecule has 1 aromatic rings. The standard InChI is InChI=1S/C11H17NO3S/c1-12(2)7-9-3-4-10(15-9)8-16-6-5-11(13)14/h3-4H,5-8H2,1-2H3,(H,13,14). The fourth-order valence-corrected chi connectivity index (χ4v) is 2.05. The first-order valence-electron chi connectivity index (χ1n) is 5.10. The van der Waals surface area contributed by atoms with E-state index in [1.165, 1.54) is 0 Å². The minimum atomic E-state index is -0.750. The van der Waals surface area contributed by atoms with Gasteiger partial charge in [0.1, 0.15) is 11.5 Å². The molecular formula is C11H17NO3S. The Morgan fingerprint density at radius 3 is 2.75 bits per heavy atom. The van der Waals surface area contributed by atoms with E-state index in [1.807, 2.05) is 31.1 Å². The molecule has 0 atom stereocenters. The molecule has 0 amide bonds. The topological polar surface area (TPSA) is 53.7 Å². The SMILES string of the molecule is CN(C)Cc1ccc(CSCCC(=O)O)o1. The van der Waals surface area contributed by atoms with Crippen LogP contribution in [0.4, 0.5) is 0 Å². The van der Waals surface area contributed by atoms with Gasteiger partial charge in [0.25, 0.3) is 0 Å². The van der Waals surface area contributed by atoms with E-state index in [4.69, 9.17) is 9.52 Å². The summed E-state index contributed by atoms with van der Waals surface area (Å²) in [5, 5.41) is 8.47. The molecule has 16 heavy (non-hydrogen) atoms.